The molecule has 9 heteroatoms. The molecular weight excluding hydrogens is 452 g/mol. The molecule has 0 aromatic heterocycles. The summed E-state index contributed by atoms with van der Waals surface area (Å²) in [6.45, 7) is 0. The average molecular weight is 481 g/mol. The number of nitrogens with zero attached hydrogens (tertiary/aromatic N) is 1. The molecule has 4 atom stereocenters. The molecule has 9 nitrogen and oxygen atoms in total. The van der Waals surface area contributed by atoms with Crippen LogP contribution < -0.4 is 5.73 Å². The maximum Gasteiger partial charge on any atom is 0.255 e. The second kappa shape index (κ2) is 7.79. The Balaban J connectivity index is 1.72. The number of phenolic OH excluding ortho intramolecular Hbond substituents is 1. The molecule has 0 aliphatic heterocycles. The molecule has 0 unspecified atom stereocenters. The second-order valence-electron chi connectivity index (χ2n) is 10.1. The molecule has 0 saturated heterocycles. The molecule has 5 rings (SSSR count). The Labute approximate surface area is 201 Å². The third kappa shape index (κ3) is 3.11. The number of allylic oxidation sites excluding steroid dienone is 1. The number of aromatic hydroxyl groups is 1. The molecule has 2 fully saturated rings. The van der Waals surface area contributed by atoms with E-state index in [1.54, 1.807) is 20.2 Å². The van der Waals surface area contributed by atoms with E-state index in [2.05, 4.69) is 0 Å². The molecule has 2 saturated carbocycles. The van der Waals surface area contributed by atoms with E-state index in [0.717, 1.165) is 24.8 Å². The lowest BCUT2D eigenvalue weighted by molar-refractivity contribution is -0.153. The van der Waals surface area contributed by atoms with Crippen molar-refractivity contribution in [3.05, 3.63) is 51.3 Å². The smallest absolute Gasteiger partial charge is 0.255 e. The van der Waals surface area contributed by atoms with Crippen LogP contribution in [0.25, 0.3) is 11.8 Å². The van der Waals surface area contributed by atoms with Crippen molar-refractivity contribution in [2.75, 3.05) is 14.1 Å². The van der Waals surface area contributed by atoms with Crippen molar-refractivity contribution < 1.29 is 34.8 Å². The number of hydrogen-bond acceptors (Lipinski definition) is 8. The molecule has 1 aromatic carbocycles. The van der Waals surface area contributed by atoms with Crippen LogP contribution in [0, 0.1) is 11.8 Å². The van der Waals surface area contributed by atoms with Crippen LogP contribution in [0.3, 0.4) is 0 Å². The van der Waals surface area contributed by atoms with E-state index in [0.29, 0.717) is 12.0 Å². The molecule has 0 radical (unpaired) electrons. The number of Topliss-reactive ketones (excluding diaryl/α,β-unsaturated/α-hetero) is 2. The van der Waals surface area contributed by atoms with Crippen molar-refractivity contribution in [1.29, 1.82) is 0 Å². The SMILES string of the molecule is CN(C)[C@@H]1C(=O)C(C(N)=O)=C(O)[C@@]2(O)C(=O)C3=C(O)c4c(O)ccc(C=C5CCC5)c4C[C@H]3C[C@@H]12. The fraction of sp³-hybridized carbons (Fsp3) is 0.423. The van der Waals surface area contributed by atoms with E-state index in [-0.39, 0.29) is 23.3 Å². The van der Waals surface area contributed by atoms with E-state index in [9.17, 15) is 34.8 Å². The Bertz CT molecular complexity index is 1280. The van der Waals surface area contributed by atoms with Gasteiger partial charge in [0.05, 0.1) is 11.6 Å². The van der Waals surface area contributed by atoms with E-state index in [1.165, 1.54) is 16.5 Å². The average Bonchev–Trinajstić information content (AvgIpc) is 2.74. The van der Waals surface area contributed by atoms with Gasteiger partial charge in [-0.1, -0.05) is 17.7 Å². The van der Waals surface area contributed by atoms with Gasteiger partial charge in [0, 0.05) is 11.5 Å². The number of rotatable bonds is 3. The van der Waals surface area contributed by atoms with Gasteiger partial charge in [-0.3, -0.25) is 19.3 Å². The maximum atomic E-state index is 13.8. The van der Waals surface area contributed by atoms with Gasteiger partial charge in [-0.05, 0) is 69.3 Å². The molecule has 1 aromatic rings. The number of phenols is 1. The topological polar surface area (TPSA) is 161 Å². The van der Waals surface area contributed by atoms with Gasteiger partial charge >= 0.3 is 0 Å². The Kier molecular flexibility index (Phi) is 5.19. The highest BCUT2D eigenvalue weighted by Crippen LogP contribution is 2.53. The van der Waals surface area contributed by atoms with E-state index >= 15 is 0 Å². The van der Waals surface area contributed by atoms with Gasteiger partial charge < -0.3 is 26.2 Å². The minimum absolute atomic E-state index is 0.0808. The number of nitrogens with two attached hydrogens (primary N) is 1. The minimum Gasteiger partial charge on any atom is -0.508 e. The first kappa shape index (κ1) is 23.3. The number of hydrogen-bond donors (Lipinski definition) is 5. The highest BCUT2D eigenvalue weighted by atomic mass is 16.3. The molecule has 0 heterocycles. The first-order chi connectivity index (χ1) is 16.5. The van der Waals surface area contributed by atoms with Crippen molar-refractivity contribution >= 4 is 29.3 Å². The quantitative estimate of drug-likeness (QED) is 0.407. The summed E-state index contributed by atoms with van der Waals surface area (Å²) in [6.07, 6.45) is 5.50. The van der Waals surface area contributed by atoms with E-state index < -0.39 is 58.0 Å². The molecule has 0 bridgehead atoms. The van der Waals surface area contributed by atoms with Gasteiger partial charge in [-0.25, -0.2) is 0 Å². The second-order valence-corrected chi connectivity index (χ2v) is 10.1. The van der Waals surface area contributed by atoms with Crippen molar-refractivity contribution in [3.63, 3.8) is 0 Å². The highest BCUT2D eigenvalue weighted by Gasteiger charge is 2.64. The van der Waals surface area contributed by atoms with Crippen LogP contribution in [0.1, 0.15) is 42.4 Å². The number of likely N-dealkylation sites (N-methyl/N-ethyl adjacent to an activating group) is 1. The monoisotopic (exact) mass is 480 g/mol. The summed E-state index contributed by atoms with van der Waals surface area (Å²) in [5, 5.41) is 44.3. The Hall–Kier alpha value is -3.43. The fourth-order valence-electron chi connectivity index (χ4n) is 6.15. The van der Waals surface area contributed by atoms with Crippen LogP contribution in [-0.4, -0.2) is 68.5 Å². The molecule has 6 N–H and O–H groups in total. The number of amides is 1. The summed E-state index contributed by atoms with van der Waals surface area (Å²) < 4.78 is 0. The Morgan fingerprint density at radius 2 is 1.86 bits per heavy atom. The van der Waals surface area contributed by atoms with Gasteiger partial charge in [0.2, 0.25) is 5.78 Å². The molecule has 1 amide bonds. The van der Waals surface area contributed by atoms with Crippen LogP contribution in [0.2, 0.25) is 0 Å². The summed E-state index contributed by atoms with van der Waals surface area (Å²) in [4.78, 5) is 40.4. The number of fused-ring (bicyclic) bond motifs is 3. The van der Waals surface area contributed by atoms with Gasteiger partial charge in [0.15, 0.2) is 11.4 Å². The lowest BCUT2D eigenvalue weighted by atomic mass is 9.57. The predicted molar refractivity (Wildman–Crippen MR) is 126 cm³/mol. The normalized spacial score (nSPS) is 30.1. The van der Waals surface area contributed by atoms with Crippen LogP contribution >= 0.6 is 0 Å². The van der Waals surface area contributed by atoms with Gasteiger partial charge in [-0.2, -0.15) is 0 Å². The third-order valence-corrected chi connectivity index (χ3v) is 8.00. The zero-order valence-electron chi connectivity index (χ0n) is 19.5. The standard InChI is InChI=1S/C26H28N2O7/c1-28(2)20-15-10-13-9-14-12(8-11-4-3-5-11)6-7-16(29)18(14)21(30)17(13)23(32)26(15,35)24(33)19(22(20)31)25(27)34/h6-8,13,15,20,29-30,33,35H,3-5,9-10H2,1-2H3,(H2,27,34)/t13-,15-,20-,26-/m0/s1. The molecule has 4 aliphatic carbocycles. The lowest BCUT2D eigenvalue weighted by Gasteiger charge is -2.50. The predicted octanol–water partition coefficient (Wildman–Crippen LogP) is 1.53. The van der Waals surface area contributed by atoms with E-state index in [1.807, 2.05) is 6.08 Å². The highest BCUT2D eigenvalue weighted by molar-refractivity contribution is 6.24. The molecule has 35 heavy (non-hydrogen) atoms. The molecule has 184 valence electrons. The number of aliphatic hydroxyl groups excluding tert-OH is 2. The number of carbonyl (C=O) groups is 3. The molecular formula is C26H28N2O7. The molecule has 0 spiro atoms. The largest absolute Gasteiger partial charge is 0.508 e. The van der Waals surface area contributed by atoms with Gasteiger partial charge in [0.1, 0.15) is 22.8 Å². The number of primary amides is 1. The minimum atomic E-state index is -2.62. The van der Waals surface area contributed by atoms with Gasteiger partial charge in [-0.15, -0.1) is 0 Å². The maximum absolute atomic E-state index is 13.8. The first-order valence-electron chi connectivity index (χ1n) is 11.7. The third-order valence-electron chi connectivity index (χ3n) is 8.00. The van der Waals surface area contributed by atoms with Crippen LogP contribution in [0.5, 0.6) is 5.75 Å². The zero-order valence-corrected chi connectivity index (χ0v) is 19.5. The Morgan fingerprint density at radius 3 is 2.43 bits per heavy atom. The summed E-state index contributed by atoms with van der Waals surface area (Å²) >= 11 is 0. The summed E-state index contributed by atoms with van der Waals surface area (Å²) in [5.74, 6) is -6.41. The number of ketones is 2. The Morgan fingerprint density at radius 1 is 1.17 bits per heavy atom. The fourth-order valence-corrected chi connectivity index (χ4v) is 6.15. The molecule has 4 aliphatic rings. The number of carbonyl (C=O) groups excluding carboxylic acids is 3. The van der Waals surface area contributed by atoms with Crippen molar-refractivity contribution in [3.8, 4) is 5.75 Å². The van der Waals surface area contributed by atoms with E-state index in [4.69, 9.17) is 5.73 Å². The van der Waals surface area contributed by atoms with Crippen LogP contribution in [0.4, 0.5) is 0 Å². The summed E-state index contributed by atoms with van der Waals surface area (Å²) in [7, 11) is 3.16. The number of benzene rings is 1. The lowest BCUT2D eigenvalue weighted by Crippen LogP contribution is -2.65. The van der Waals surface area contributed by atoms with Crippen molar-refractivity contribution in [1.82, 2.24) is 4.90 Å². The summed E-state index contributed by atoms with van der Waals surface area (Å²) in [6, 6.07) is 2.14. The summed E-state index contributed by atoms with van der Waals surface area (Å²) in [5.41, 5.74) is 4.68. The van der Waals surface area contributed by atoms with Gasteiger partial charge in [0.25, 0.3) is 5.91 Å². The zero-order chi connectivity index (χ0) is 25.4. The van der Waals surface area contributed by atoms with Crippen molar-refractivity contribution in [2.24, 2.45) is 17.6 Å². The van der Waals surface area contributed by atoms with Crippen LogP contribution in [-0.2, 0) is 20.8 Å². The van der Waals surface area contributed by atoms with Crippen LogP contribution in [0.15, 0.2) is 34.6 Å². The number of aliphatic hydroxyl groups is 3. The first-order valence-corrected chi connectivity index (χ1v) is 11.7. The van der Waals surface area contributed by atoms with Crippen molar-refractivity contribution in [2.45, 2.75) is 43.7 Å².